The molecule has 7 heteroatoms. The van der Waals surface area contributed by atoms with Crippen molar-refractivity contribution >= 4 is 28.9 Å². The topological polar surface area (TPSA) is 105 Å². The normalized spacial score (nSPS) is 16.7. The van der Waals surface area contributed by atoms with Crippen LogP contribution in [0.5, 0.6) is 0 Å². The molecular weight excluding hydrogens is 336 g/mol. The van der Waals surface area contributed by atoms with Crippen LogP contribution in [0.3, 0.4) is 0 Å². The first-order chi connectivity index (χ1) is 12.0. The molecule has 1 fully saturated rings. The Labute approximate surface area is 152 Å². The van der Waals surface area contributed by atoms with Crippen molar-refractivity contribution in [3.05, 3.63) is 46.7 Å². The summed E-state index contributed by atoms with van der Waals surface area (Å²) in [6.07, 6.45) is 3.76. The van der Waals surface area contributed by atoms with Gasteiger partial charge in [0.2, 0.25) is 0 Å². The third kappa shape index (κ3) is 3.75. The lowest BCUT2D eigenvalue weighted by atomic mass is 9.91. The first-order valence-electron chi connectivity index (χ1n) is 8.44. The van der Waals surface area contributed by atoms with Crippen LogP contribution in [0.15, 0.2) is 30.5 Å². The van der Waals surface area contributed by atoms with Gasteiger partial charge in [0.25, 0.3) is 0 Å². The fraction of sp³-hybridized carbons (Fsp3) is 0.389. The van der Waals surface area contributed by atoms with E-state index in [1.165, 1.54) is 0 Å². The Morgan fingerprint density at radius 2 is 2.00 bits per heavy atom. The summed E-state index contributed by atoms with van der Waals surface area (Å²) in [5.74, 6) is 1.54. The van der Waals surface area contributed by atoms with E-state index in [0.717, 1.165) is 31.7 Å². The Hall–Kier alpha value is -2.18. The predicted molar refractivity (Wildman–Crippen MR) is 102 cm³/mol. The number of aromatic nitrogens is 2. The summed E-state index contributed by atoms with van der Waals surface area (Å²) in [6, 6.07) is 7.39. The predicted octanol–water partition coefficient (Wildman–Crippen LogP) is 2.69. The molecule has 1 unspecified atom stereocenters. The first kappa shape index (κ1) is 17.6. The molecule has 5 N–H and O–H groups in total. The van der Waals surface area contributed by atoms with E-state index in [-0.39, 0.29) is 17.6 Å². The van der Waals surface area contributed by atoms with Crippen LogP contribution in [0.4, 0.5) is 11.6 Å². The number of benzene rings is 1. The van der Waals surface area contributed by atoms with Gasteiger partial charge in [-0.15, -0.1) is 0 Å². The van der Waals surface area contributed by atoms with E-state index < -0.39 is 0 Å². The minimum atomic E-state index is 0.179. The molecular formula is C18H23ClN6. The monoisotopic (exact) mass is 358 g/mol. The van der Waals surface area contributed by atoms with Gasteiger partial charge in [-0.3, -0.25) is 5.41 Å². The second-order valence-corrected chi connectivity index (χ2v) is 6.91. The standard InChI is InChI=1S/C18H23ClN6/c1-11(20)12-6-8-25(9-7-12)15-10-23-17(18(22)24-15)16(21)13-4-2-3-5-14(13)19/h2-5,10-12,21H,6-9,20H2,1H3,(H2,22,24). The molecule has 0 radical (unpaired) electrons. The van der Waals surface area contributed by atoms with Gasteiger partial charge in [0.1, 0.15) is 11.5 Å². The Morgan fingerprint density at radius 1 is 1.32 bits per heavy atom. The Bertz CT molecular complexity index is 768. The average molecular weight is 359 g/mol. The van der Waals surface area contributed by atoms with Gasteiger partial charge in [-0.25, -0.2) is 9.97 Å². The molecule has 0 spiro atoms. The number of anilines is 2. The van der Waals surface area contributed by atoms with Crippen LogP contribution in [0, 0.1) is 11.3 Å². The van der Waals surface area contributed by atoms with Crippen molar-refractivity contribution in [1.29, 1.82) is 5.41 Å². The lowest BCUT2D eigenvalue weighted by molar-refractivity contribution is 0.353. The fourth-order valence-electron chi connectivity index (χ4n) is 3.18. The number of hydrogen-bond donors (Lipinski definition) is 3. The van der Waals surface area contributed by atoms with Crippen molar-refractivity contribution in [1.82, 2.24) is 9.97 Å². The molecule has 1 aromatic heterocycles. The van der Waals surface area contributed by atoms with E-state index in [2.05, 4.69) is 21.8 Å². The van der Waals surface area contributed by atoms with Gasteiger partial charge in [-0.2, -0.15) is 0 Å². The zero-order valence-electron chi connectivity index (χ0n) is 14.2. The van der Waals surface area contributed by atoms with E-state index in [9.17, 15) is 0 Å². The molecule has 3 rings (SSSR count). The zero-order chi connectivity index (χ0) is 18.0. The van der Waals surface area contributed by atoms with Crippen molar-refractivity contribution in [3.63, 3.8) is 0 Å². The number of halogens is 1. The highest BCUT2D eigenvalue weighted by Gasteiger charge is 2.23. The van der Waals surface area contributed by atoms with Gasteiger partial charge in [0.15, 0.2) is 5.82 Å². The van der Waals surface area contributed by atoms with Gasteiger partial charge in [-0.05, 0) is 31.7 Å². The first-order valence-corrected chi connectivity index (χ1v) is 8.82. The van der Waals surface area contributed by atoms with Crippen LogP contribution >= 0.6 is 11.6 Å². The van der Waals surface area contributed by atoms with E-state index in [4.69, 9.17) is 28.5 Å². The third-order valence-corrected chi connectivity index (χ3v) is 5.10. The summed E-state index contributed by atoms with van der Waals surface area (Å²) in [5.41, 5.74) is 13.2. The van der Waals surface area contributed by atoms with Crippen LogP contribution in [-0.4, -0.2) is 34.8 Å². The lowest BCUT2D eigenvalue weighted by Gasteiger charge is -2.34. The van der Waals surface area contributed by atoms with Crippen molar-refractivity contribution in [2.24, 2.45) is 11.7 Å². The Kier molecular flexibility index (Phi) is 5.20. The smallest absolute Gasteiger partial charge is 0.154 e. The largest absolute Gasteiger partial charge is 0.382 e. The molecule has 0 saturated carbocycles. The van der Waals surface area contributed by atoms with Crippen LogP contribution in [-0.2, 0) is 0 Å². The van der Waals surface area contributed by atoms with E-state index in [1.807, 2.05) is 12.1 Å². The summed E-state index contributed by atoms with van der Waals surface area (Å²) < 4.78 is 0. The molecule has 0 bridgehead atoms. The SMILES string of the molecule is CC(N)C1CCN(c2cnc(C(=N)c3ccccc3Cl)c(N)n2)CC1. The second-order valence-electron chi connectivity index (χ2n) is 6.50. The number of rotatable bonds is 4. The van der Waals surface area contributed by atoms with Crippen LogP contribution in [0.2, 0.25) is 5.02 Å². The molecule has 1 aromatic carbocycles. The van der Waals surface area contributed by atoms with Crippen molar-refractivity contribution in [2.75, 3.05) is 23.7 Å². The van der Waals surface area contributed by atoms with Crippen LogP contribution < -0.4 is 16.4 Å². The van der Waals surface area contributed by atoms with Crippen LogP contribution in [0.25, 0.3) is 0 Å². The average Bonchev–Trinajstić information content (AvgIpc) is 2.61. The van der Waals surface area contributed by atoms with Crippen molar-refractivity contribution < 1.29 is 0 Å². The van der Waals surface area contributed by atoms with Gasteiger partial charge in [0, 0.05) is 24.7 Å². The summed E-state index contributed by atoms with van der Waals surface area (Å²) in [4.78, 5) is 11.0. The fourth-order valence-corrected chi connectivity index (χ4v) is 3.41. The molecule has 1 aliphatic rings. The Morgan fingerprint density at radius 3 is 2.60 bits per heavy atom. The van der Waals surface area contributed by atoms with Gasteiger partial charge >= 0.3 is 0 Å². The molecule has 0 amide bonds. The van der Waals surface area contributed by atoms with E-state index >= 15 is 0 Å². The third-order valence-electron chi connectivity index (χ3n) is 4.77. The highest BCUT2D eigenvalue weighted by molar-refractivity contribution is 6.35. The molecule has 0 aliphatic carbocycles. The molecule has 1 aliphatic heterocycles. The molecule has 25 heavy (non-hydrogen) atoms. The van der Waals surface area contributed by atoms with Crippen molar-refractivity contribution in [3.8, 4) is 0 Å². The van der Waals surface area contributed by atoms with E-state index in [1.54, 1.807) is 18.3 Å². The maximum atomic E-state index is 8.35. The minimum Gasteiger partial charge on any atom is -0.382 e. The number of nitrogen functional groups attached to an aromatic ring is 1. The quantitative estimate of drug-likeness (QED) is 0.729. The summed E-state index contributed by atoms with van der Waals surface area (Å²) in [6.45, 7) is 3.84. The molecule has 1 atom stereocenters. The van der Waals surface area contributed by atoms with Gasteiger partial charge in [-0.1, -0.05) is 29.8 Å². The molecule has 2 heterocycles. The maximum Gasteiger partial charge on any atom is 0.154 e. The lowest BCUT2D eigenvalue weighted by Crippen LogP contribution is -2.40. The van der Waals surface area contributed by atoms with Crippen molar-refractivity contribution in [2.45, 2.75) is 25.8 Å². The second kappa shape index (κ2) is 7.37. The minimum absolute atomic E-state index is 0.179. The molecule has 2 aromatic rings. The van der Waals surface area contributed by atoms with Crippen LogP contribution in [0.1, 0.15) is 31.0 Å². The summed E-state index contributed by atoms with van der Waals surface area (Å²) >= 11 is 6.17. The summed E-state index contributed by atoms with van der Waals surface area (Å²) in [7, 11) is 0. The number of piperidine rings is 1. The molecule has 6 nitrogen and oxygen atoms in total. The highest BCUT2D eigenvalue weighted by atomic mass is 35.5. The van der Waals surface area contributed by atoms with Gasteiger partial charge < -0.3 is 16.4 Å². The molecule has 132 valence electrons. The summed E-state index contributed by atoms with van der Waals surface area (Å²) in [5, 5.41) is 8.84. The maximum absolute atomic E-state index is 8.35. The Balaban J connectivity index is 1.78. The number of hydrogen-bond acceptors (Lipinski definition) is 6. The van der Waals surface area contributed by atoms with E-state index in [0.29, 0.717) is 22.2 Å². The highest BCUT2D eigenvalue weighted by Crippen LogP contribution is 2.25. The number of nitrogens with one attached hydrogen (secondary N) is 1. The van der Waals surface area contributed by atoms with Gasteiger partial charge in [0.05, 0.1) is 16.9 Å². The molecule has 1 saturated heterocycles. The number of nitrogens with zero attached hydrogens (tertiary/aromatic N) is 3. The zero-order valence-corrected chi connectivity index (χ0v) is 15.0. The number of nitrogens with two attached hydrogens (primary N) is 2.